The van der Waals surface area contributed by atoms with Crippen molar-refractivity contribution in [2.24, 2.45) is 0 Å². The highest BCUT2D eigenvalue weighted by atomic mass is 32.2. The molecule has 6 heteroatoms. The second-order valence-electron chi connectivity index (χ2n) is 2.77. The lowest BCUT2D eigenvalue weighted by Gasteiger charge is -2.05. The van der Waals surface area contributed by atoms with Gasteiger partial charge in [-0.3, -0.25) is 4.79 Å². The number of nitrogens with one attached hydrogen (secondary N) is 1. The van der Waals surface area contributed by atoms with Gasteiger partial charge in [-0.2, -0.15) is 8.42 Å². The van der Waals surface area contributed by atoms with E-state index in [2.05, 4.69) is 16.1 Å². The number of benzene rings is 1. The zero-order valence-corrected chi connectivity index (χ0v) is 9.24. The summed E-state index contributed by atoms with van der Waals surface area (Å²) in [4.78, 5) is 10.8. The third-order valence-corrected chi connectivity index (χ3v) is 2.96. The van der Waals surface area contributed by atoms with Crippen LogP contribution in [0, 0.1) is 0 Å². The van der Waals surface area contributed by atoms with Gasteiger partial charge in [-0.05, 0) is 18.2 Å². The van der Waals surface area contributed by atoms with Crippen molar-refractivity contribution in [3.63, 3.8) is 0 Å². The van der Waals surface area contributed by atoms with Gasteiger partial charge < -0.3 is 5.32 Å². The molecule has 0 saturated carbocycles. The van der Waals surface area contributed by atoms with Gasteiger partial charge in [0.2, 0.25) is 5.91 Å². The van der Waals surface area contributed by atoms with Gasteiger partial charge in [0.15, 0.2) is 0 Å². The Morgan fingerprint density at radius 3 is 2.56 bits per heavy atom. The molecule has 0 fully saturated rings. The first-order valence-electron chi connectivity index (χ1n) is 4.41. The monoisotopic (exact) mass is 241 g/mol. The number of hydrogen-bond donors (Lipinski definition) is 1. The average molecular weight is 241 g/mol. The Hall–Kier alpha value is -1.66. The molecule has 1 amide bonds. The number of hydrogen-bond acceptors (Lipinski definition) is 4. The SMILES string of the molecule is C=CC(=O)NCOS(=O)(=O)c1ccccc1. The molecule has 0 aromatic heterocycles. The van der Waals surface area contributed by atoms with Crippen molar-refractivity contribution in [1.82, 2.24) is 5.32 Å². The molecule has 1 aromatic rings. The Kier molecular flexibility index (Phi) is 4.21. The van der Waals surface area contributed by atoms with Gasteiger partial charge in [-0.15, -0.1) is 0 Å². The molecule has 0 radical (unpaired) electrons. The van der Waals surface area contributed by atoms with E-state index in [9.17, 15) is 13.2 Å². The summed E-state index contributed by atoms with van der Waals surface area (Å²) in [6.45, 7) is 2.80. The molecular formula is C10H11NO4S. The average Bonchev–Trinajstić information content (AvgIpc) is 2.30. The van der Waals surface area contributed by atoms with E-state index in [1.54, 1.807) is 18.2 Å². The minimum atomic E-state index is -3.81. The largest absolute Gasteiger partial charge is 0.328 e. The fraction of sp³-hybridized carbons (Fsp3) is 0.100. The maximum absolute atomic E-state index is 11.5. The summed E-state index contributed by atoms with van der Waals surface area (Å²) in [5, 5.41) is 2.20. The molecule has 0 atom stereocenters. The van der Waals surface area contributed by atoms with E-state index in [-0.39, 0.29) is 4.90 Å². The Morgan fingerprint density at radius 1 is 1.38 bits per heavy atom. The zero-order chi connectivity index (χ0) is 12.0. The van der Waals surface area contributed by atoms with E-state index >= 15 is 0 Å². The van der Waals surface area contributed by atoms with E-state index < -0.39 is 22.8 Å². The highest BCUT2D eigenvalue weighted by molar-refractivity contribution is 7.86. The van der Waals surface area contributed by atoms with Gasteiger partial charge in [0.05, 0.1) is 4.90 Å². The smallest absolute Gasteiger partial charge is 0.298 e. The van der Waals surface area contributed by atoms with Gasteiger partial charge in [-0.25, -0.2) is 4.18 Å². The fourth-order valence-corrected chi connectivity index (χ4v) is 1.75. The number of carbonyl (C=O) groups is 1. The summed E-state index contributed by atoms with van der Waals surface area (Å²) >= 11 is 0. The molecule has 0 aliphatic heterocycles. The van der Waals surface area contributed by atoms with Gasteiger partial charge >= 0.3 is 0 Å². The first-order chi connectivity index (χ1) is 7.56. The molecule has 0 aliphatic carbocycles. The van der Waals surface area contributed by atoms with E-state index in [1.165, 1.54) is 12.1 Å². The molecule has 0 spiro atoms. The third kappa shape index (κ3) is 3.48. The standard InChI is InChI=1S/C10H11NO4S/c1-2-10(12)11-8-15-16(13,14)9-6-4-3-5-7-9/h2-7H,1,8H2,(H,11,12). The predicted octanol–water partition coefficient (Wildman–Crippen LogP) is 0.652. The number of carbonyl (C=O) groups excluding carboxylic acids is 1. The van der Waals surface area contributed by atoms with Crippen LogP contribution in [0.2, 0.25) is 0 Å². The molecule has 0 heterocycles. The minimum Gasteiger partial charge on any atom is -0.328 e. The highest BCUT2D eigenvalue weighted by Gasteiger charge is 2.13. The summed E-state index contributed by atoms with van der Waals surface area (Å²) in [7, 11) is -3.81. The van der Waals surface area contributed by atoms with Crippen molar-refractivity contribution >= 4 is 16.0 Å². The van der Waals surface area contributed by atoms with Crippen LogP contribution in [0.15, 0.2) is 47.9 Å². The van der Waals surface area contributed by atoms with Crippen molar-refractivity contribution in [3.8, 4) is 0 Å². The topological polar surface area (TPSA) is 72.5 Å². The maximum atomic E-state index is 11.5. The molecule has 1 N–H and O–H groups in total. The van der Waals surface area contributed by atoms with Gasteiger partial charge in [-0.1, -0.05) is 24.8 Å². The second-order valence-corrected chi connectivity index (χ2v) is 4.39. The van der Waals surface area contributed by atoms with Crippen LogP contribution in [0.25, 0.3) is 0 Å². The third-order valence-electron chi connectivity index (χ3n) is 1.68. The van der Waals surface area contributed by atoms with Crippen LogP contribution >= 0.6 is 0 Å². The summed E-state index contributed by atoms with van der Waals surface area (Å²) in [6.07, 6.45) is 1.03. The van der Waals surface area contributed by atoms with Crippen LogP contribution in [0.3, 0.4) is 0 Å². The van der Waals surface area contributed by atoms with E-state index in [0.29, 0.717) is 0 Å². The quantitative estimate of drug-likeness (QED) is 0.467. The maximum Gasteiger partial charge on any atom is 0.298 e. The molecular weight excluding hydrogens is 230 g/mol. The van der Waals surface area contributed by atoms with E-state index in [1.807, 2.05) is 0 Å². The first-order valence-corrected chi connectivity index (χ1v) is 5.82. The Balaban J connectivity index is 2.60. The Labute approximate surface area is 93.9 Å². The first kappa shape index (κ1) is 12.4. The van der Waals surface area contributed by atoms with Crippen molar-refractivity contribution < 1.29 is 17.4 Å². The number of rotatable bonds is 5. The van der Waals surface area contributed by atoms with E-state index in [0.717, 1.165) is 6.08 Å². The Bertz CT molecular complexity index is 467. The van der Waals surface area contributed by atoms with Crippen molar-refractivity contribution in [2.75, 3.05) is 6.73 Å². The molecule has 0 saturated heterocycles. The lowest BCUT2D eigenvalue weighted by molar-refractivity contribution is -0.117. The molecule has 16 heavy (non-hydrogen) atoms. The van der Waals surface area contributed by atoms with E-state index in [4.69, 9.17) is 0 Å². The van der Waals surface area contributed by atoms with Crippen LogP contribution in [-0.2, 0) is 19.1 Å². The van der Waals surface area contributed by atoms with Crippen molar-refractivity contribution in [1.29, 1.82) is 0 Å². The highest BCUT2D eigenvalue weighted by Crippen LogP contribution is 2.10. The lowest BCUT2D eigenvalue weighted by Crippen LogP contribution is -2.25. The zero-order valence-electron chi connectivity index (χ0n) is 8.42. The van der Waals surface area contributed by atoms with Crippen molar-refractivity contribution in [2.45, 2.75) is 4.90 Å². The molecule has 0 aliphatic rings. The van der Waals surface area contributed by atoms with Crippen LogP contribution in [0.1, 0.15) is 0 Å². The summed E-state index contributed by atoms with van der Waals surface area (Å²) in [5.74, 6) is -0.497. The summed E-state index contributed by atoms with van der Waals surface area (Å²) in [5.41, 5.74) is 0. The predicted molar refractivity (Wildman–Crippen MR) is 57.9 cm³/mol. The number of amides is 1. The van der Waals surface area contributed by atoms with Gasteiger partial charge in [0.25, 0.3) is 10.1 Å². The van der Waals surface area contributed by atoms with Crippen LogP contribution in [0.4, 0.5) is 0 Å². The molecule has 1 aromatic carbocycles. The Morgan fingerprint density at radius 2 is 2.00 bits per heavy atom. The molecule has 5 nitrogen and oxygen atoms in total. The fourth-order valence-electron chi connectivity index (χ4n) is 0.906. The van der Waals surface area contributed by atoms with Crippen LogP contribution in [-0.4, -0.2) is 21.1 Å². The van der Waals surface area contributed by atoms with Gasteiger partial charge in [0, 0.05) is 0 Å². The normalized spacial score (nSPS) is 10.8. The molecule has 1 rings (SSSR count). The lowest BCUT2D eigenvalue weighted by atomic mass is 10.4. The molecule has 0 unspecified atom stereocenters. The van der Waals surface area contributed by atoms with Crippen LogP contribution in [0.5, 0.6) is 0 Å². The summed E-state index contributed by atoms with van der Waals surface area (Å²) in [6, 6.07) is 7.67. The molecule has 0 bridgehead atoms. The minimum absolute atomic E-state index is 0.0443. The van der Waals surface area contributed by atoms with Crippen molar-refractivity contribution in [3.05, 3.63) is 43.0 Å². The van der Waals surface area contributed by atoms with Gasteiger partial charge in [0.1, 0.15) is 6.73 Å². The summed E-state index contributed by atoms with van der Waals surface area (Å²) < 4.78 is 27.6. The molecule has 86 valence electrons. The van der Waals surface area contributed by atoms with Crippen LogP contribution < -0.4 is 5.32 Å². The second kappa shape index (κ2) is 5.43.